The van der Waals surface area contributed by atoms with E-state index in [0.717, 1.165) is 5.56 Å². The summed E-state index contributed by atoms with van der Waals surface area (Å²) in [5, 5.41) is 3.22. The lowest BCUT2D eigenvalue weighted by molar-refractivity contribution is -0.136. The number of hydrogen-bond donors (Lipinski definition) is 1. The summed E-state index contributed by atoms with van der Waals surface area (Å²) in [6, 6.07) is 8.37. The van der Waals surface area contributed by atoms with Crippen LogP contribution >= 0.6 is 0 Å². The molecular formula is C15H21NO2. The van der Waals surface area contributed by atoms with Gasteiger partial charge in [-0.3, -0.25) is 0 Å². The Labute approximate surface area is 109 Å². The number of carbonyl (C=O) groups is 1. The Kier molecular flexibility index (Phi) is 5.59. The molecule has 0 saturated heterocycles. The highest BCUT2D eigenvalue weighted by Crippen LogP contribution is 2.09. The lowest BCUT2D eigenvalue weighted by Crippen LogP contribution is -2.27. The number of rotatable bonds is 5. The molecule has 0 aliphatic heterocycles. The number of hydrogen-bond acceptors (Lipinski definition) is 3. The van der Waals surface area contributed by atoms with Crippen molar-refractivity contribution >= 4 is 12.0 Å². The lowest BCUT2D eigenvalue weighted by atomic mass is 10.1. The zero-order valence-corrected chi connectivity index (χ0v) is 11.5. The highest BCUT2D eigenvalue weighted by molar-refractivity contribution is 5.94. The van der Waals surface area contributed by atoms with Gasteiger partial charge >= 0.3 is 5.97 Å². The number of nitrogens with one attached hydrogen (secondary N) is 1. The summed E-state index contributed by atoms with van der Waals surface area (Å²) in [5.74, 6) is -0.288. The van der Waals surface area contributed by atoms with E-state index in [1.54, 1.807) is 0 Å². The maximum atomic E-state index is 11.7. The van der Waals surface area contributed by atoms with Crippen LogP contribution in [0.2, 0.25) is 0 Å². The first-order chi connectivity index (χ1) is 8.52. The van der Waals surface area contributed by atoms with Gasteiger partial charge in [0, 0.05) is 12.6 Å². The molecule has 0 saturated carbocycles. The smallest absolute Gasteiger partial charge is 0.335 e. The Morgan fingerprint density at radius 1 is 1.33 bits per heavy atom. The number of benzene rings is 1. The average Bonchev–Trinajstić information content (AvgIpc) is 2.35. The van der Waals surface area contributed by atoms with Crippen molar-refractivity contribution in [2.24, 2.45) is 0 Å². The molecule has 0 spiro atoms. The summed E-state index contributed by atoms with van der Waals surface area (Å²) in [7, 11) is 1.40. The van der Waals surface area contributed by atoms with Crippen LogP contribution in [0.15, 0.2) is 29.8 Å². The normalized spacial score (nSPS) is 11.7. The summed E-state index contributed by atoms with van der Waals surface area (Å²) in [4.78, 5) is 11.7. The van der Waals surface area contributed by atoms with Crippen LogP contribution in [0.25, 0.3) is 6.08 Å². The molecule has 0 radical (unpaired) electrons. The number of carbonyl (C=O) groups excluding carboxylic acids is 1. The summed E-state index contributed by atoms with van der Waals surface area (Å²) < 4.78 is 4.79. The van der Waals surface area contributed by atoms with Crippen molar-refractivity contribution in [3.05, 3.63) is 41.0 Å². The lowest BCUT2D eigenvalue weighted by Gasteiger charge is -2.10. The minimum absolute atomic E-state index is 0.288. The van der Waals surface area contributed by atoms with E-state index in [9.17, 15) is 4.79 Å². The van der Waals surface area contributed by atoms with Crippen molar-refractivity contribution in [1.82, 2.24) is 5.32 Å². The Hall–Kier alpha value is -1.61. The molecule has 3 nitrogen and oxygen atoms in total. The maximum absolute atomic E-state index is 11.7. The second-order valence-corrected chi connectivity index (χ2v) is 4.61. The second-order valence-electron chi connectivity index (χ2n) is 4.61. The molecule has 3 heteroatoms. The molecule has 0 aliphatic carbocycles. The van der Waals surface area contributed by atoms with Gasteiger partial charge in [0.15, 0.2) is 0 Å². The van der Waals surface area contributed by atoms with Gasteiger partial charge in [0.25, 0.3) is 0 Å². The third-order valence-corrected chi connectivity index (χ3v) is 2.57. The molecule has 18 heavy (non-hydrogen) atoms. The molecule has 0 aromatic heterocycles. The molecule has 0 fully saturated rings. The van der Waals surface area contributed by atoms with Gasteiger partial charge in [-0.1, -0.05) is 43.7 Å². The molecule has 0 unspecified atom stereocenters. The summed E-state index contributed by atoms with van der Waals surface area (Å²) in [6.45, 7) is 6.63. The zero-order chi connectivity index (χ0) is 13.5. The quantitative estimate of drug-likeness (QED) is 0.642. The van der Waals surface area contributed by atoms with Gasteiger partial charge < -0.3 is 10.1 Å². The monoisotopic (exact) mass is 247 g/mol. The number of esters is 1. The molecule has 0 amide bonds. The predicted octanol–water partition coefficient (Wildman–Crippen LogP) is 2.55. The second kappa shape index (κ2) is 6.97. The first kappa shape index (κ1) is 14.5. The molecule has 0 heterocycles. The first-order valence-corrected chi connectivity index (χ1v) is 6.12. The van der Waals surface area contributed by atoms with Gasteiger partial charge in [0.2, 0.25) is 0 Å². The molecule has 0 bridgehead atoms. The van der Waals surface area contributed by atoms with Crippen molar-refractivity contribution in [3.8, 4) is 0 Å². The predicted molar refractivity (Wildman–Crippen MR) is 74.3 cm³/mol. The highest BCUT2D eigenvalue weighted by Gasteiger charge is 2.09. The molecule has 0 atom stereocenters. The van der Waals surface area contributed by atoms with Crippen LogP contribution in [0, 0.1) is 6.92 Å². The molecule has 1 aromatic carbocycles. The van der Waals surface area contributed by atoms with Crippen LogP contribution in [0.4, 0.5) is 0 Å². The third-order valence-electron chi connectivity index (χ3n) is 2.57. The van der Waals surface area contributed by atoms with E-state index >= 15 is 0 Å². The first-order valence-electron chi connectivity index (χ1n) is 6.12. The van der Waals surface area contributed by atoms with E-state index in [2.05, 4.69) is 5.32 Å². The van der Waals surface area contributed by atoms with Gasteiger partial charge in [-0.05, 0) is 18.6 Å². The van der Waals surface area contributed by atoms with Crippen molar-refractivity contribution in [1.29, 1.82) is 0 Å². The topological polar surface area (TPSA) is 38.3 Å². The van der Waals surface area contributed by atoms with Crippen molar-refractivity contribution in [2.75, 3.05) is 13.7 Å². The molecule has 1 rings (SSSR count). The van der Waals surface area contributed by atoms with E-state index in [1.807, 2.05) is 51.1 Å². The molecule has 98 valence electrons. The highest BCUT2D eigenvalue weighted by atomic mass is 16.5. The largest absolute Gasteiger partial charge is 0.466 e. The van der Waals surface area contributed by atoms with Gasteiger partial charge in [-0.15, -0.1) is 0 Å². The number of aryl methyl sites for hydroxylation is 1. The Morgan fingerprint density at radius 3 is 2.44 bits per heavy atom. The van der Waals surface area contributed by atoms with Gasteiger partial charge in [0.05, 0.1) is 12.7 Å². The minimum atomic E-state index is -0.288. The van der Waals surface area contributed by atoms with Crippen molar-refractivity contribution < 1.29 is 9.53 Å². The Morgan fingerprint density at radius 2 is 1.94 bits per heavy atom. The van der Waals surface area contributed by atoms with Crippen LogP contribution in [-0.4, -0.2) is 25.7 Å². The summed E-state index contributed by atoms with van der Waals surface area (Å²) >= 11 is 0. The van der Waals surface area contributed by atoms with Gasteiger partial charge in [-0.25, -0.2) is 4.79 Å². The van der Waals surface area contributed by atoms with Crippen LogP contribution in [-0.2, 0) is 9.53 Å². The van der Waals surface area contributed by atoms with E-state index in [-0.39, 0.29) is 5.97 Å². The van der Waals surface area contributed by atoms with Crippen LogP contribution in [0.5, 0.6) is 0 Å². The third kappa shape index (κ3) is 4.72. The fourth-order valence-corrected chi connectivity index (χ4v) is 1.49. The van der Waals surface area contributed by atoms with Crippen LogP contribution < -0.4 is 5.32 Å². The fourth-order valence-electron chi connectivity index (χ4n) is 1.49. The number of methoxy groups -OCH3 is 1. The fraction of sp³-hybridized carbons (Fsp3) is 0.400. The van der Waals surface area contributed by atoms with Crippen molar-refractivity contribution in [2.45, 2.75) is 26.8 Å². The zero-order valence-electron chi connectivity index (χ0n) is 11.5. The van der Waals surface area contributed by atoms with Gasteiger partial charge in [-0.2, -0.15) is 0 Å². The van der Waals surface area contributed by atoms with E-state index in [0.29, 0.717) is 18.2 Å². The summed E-state index contributed by atoms with van der Waals surface area (Å²) in [6.07, 6.45) is 1.86. The molecule has 1 N–H and O–H groups in total. The molecule has 1 aromatic rings. The standard InChI is InChI=1S/C15H21NO2/c1-11(2)16-10-14(15(17)18-4)9-13-7-5-12(3)6-8-13/h5-9,11,16H,10H2,1-4H3/b14-9+. The van der Waals surface area contributed by atoms with Gasteiger partial charge in [0.1, 0.15) is 0 Å². The Bertz CT molecular complexity index is 419. The SMILES string of the molecule is COC(=O)/C(=C/c1ccc(C)cc1)CNC(C)C. The van der Waals surface area contributed by atoms with E-state index in [4.69, 9.17) is 4.74 Å². The Balaban J connectivity index is 2.87. The number of ether oxygens (including phenoxy) is 1. The van der Waals surface area contributed by atoms with Crippen molar-refractivity contribution in [3.63, 3.8) is 0 Å². The molecular weight excluding hydrogens is 226 g/mol. The molecule has 0 aliphatic rings. The van der Waals surface area contributed by atoms with Crippen LogP contribution in [0.3, 0.4) is 0 Å². The van der Waals surface area contributed by atoms with Crippen LogP contribution in [0.1, 0.15) is 25.0 Å². The summed E-state index contributed by atoms with van der Waals surface area (Å²) in [5.41, 5.74) is 2.84. The average molecular weight is 247 g/mol. The minimum Gasteiger partial charge on any atom is -0.466 e. The van der Waals surface area contributed by atoms with E-state index < -0.39 is 0 Å². The maximum Gasteiger partial charge on any atom is 0.335 e. The van der Waals surface area contributed by atoms with E-state index in [1.165, 1.54) is 12.7 Å².